The minimum absolute atomic E-state index is 0.157. The van der Waals surface area contributed by atoms with E-state index in [1.807, 2.05) is 42.5 Å². The number of hydrogen-bond donors (Lipinski definition) is 0. The number of amides is 2. The summed E-state index contributed by atoms with van der Waals surface area (Å²) in [6.45, 7) is 0.429. The molecule has 168 valence electrons. The fraction of sp³-hybridized carbons (Fsp3) is 0.346. The first-order chi connectivity index (χ1) is 16.1. The van der Waals surface area contributed by atoms with Gasteiger partial charge in [0.25, 0.3) is 11.8 Å². The van der Waals surface area contributed by atoms with E-state index in [4.69, 9.17) is 9.47 Å². The molecule has 6 atom stereocenters. The van der Waals surface area contributed by atoms with Gasteiger partial charge >= 0.3 is 0 Å². The quantitative estimate of drug-likeness (QED) is 0.232. The van der Waals surface area contributed by atoms with Gasteiger partial charge < -0.3 is 9.47 Å². The Morgan fingerprint density at radius 2 is 1.73 bits per heavy atom. The third kappa shape index (κ3) is 3.39. The highest BCUT2D eigenvalue weighted by atomic mass is 127. The lowest BCUT2D eigenvalue weighted by molar-refractivity contribution is -0.140. The Labute approximate surface area is 205 Å². The van der Waals surface area contributed by atoms with E-state index in [9.17, 15) is 9.59 Å². The van der Waals surface area contributed by atoms with Crippen LogP contribution in [0.3, 0.4) is 0 Å². The van der Waals surface area contributed by atoms with E-state index >= 15 is 0 Å². The number of hydrazone groups is 1. The highest BCUT2D eigenvalue weighted by molar-refractivity contribution is 14.1. The van der Waals surface area contributed by atoms with Crippen molar-refractivity contribution in [3.8, 4) is 11.5 Å². The predicted molar refractivity (Wildman–Crippen MR) is 131 cm³/mol. The first-order valence-corrected chi connectivity index (χ1v) is 12.3. The van der Waals surface area contributed by atoms with Crippen LogP contribution in [0.1, 0.15) is 17.5 Å². The number of carbonyl (C=O) groups is 2. The molecule has 1 heterocycles. The average Bonchev–Trinajstić information content (AvgIpc) is 3.61. The summed E-state index contributed by atoms with van der Waals surface area (Å²) in [5, 5.41) is 5.44. The predicted octanol–water partition coefficient (Wildman–Crippen LogP) is 4.27. The molecular weight excluding hydrogens is 531 g/mol. The molecule has 2 aromatic carbocycles. The number of rotatable bonds is 6. The maximum atomic E-state index is 13.1. The van der Waals surface area contributed by atoms with Gasteiger partial charge in [0, 0.05) is 0 Å². The first kappa shape index (κ1) is 20.9. The smallest absolute Gasteiger partial charge is 0.254 e. The summed E-state index contributed by atoms with van der Waals surface area (Å²) >= 11 is 2.20. The van der Waals surface area contributed by atoms with Crippen molar-refractivity contribution in [2.45, 2.75) is 13.0 Å². The highest BCUT2D eigenvalue weighted by Gasteiger charge is 2.67. The zero-order chi connectivity index (χ0) is 22.7. The third-order valence-electron chi connectivity index (χ3n) is 7.44. The average molecular weight is 554 g/mol. The minimum atomic E-state index is -0.239. The van der Waals surface area contributed by atoms with Crippen LogP contribution in [-0.2, 0) is 16.2 Å². The molecule has 3 fully saturated rings. The number of imide groups is 1. The van der Waals surface area contributed by atoms with Gasteiger partial charge in [-0.1, -0.05) is 42.5 Å². The minimum Gasteiger partial charge on any atom is -0.493 e. The van der Waals surface area contributed by atoms with Gasteiger partial charge in [-0.05, 0) is 75.9 Å². The van der Waals surface area contributed by atoms with Crippen LogP contribution in [0.25, 0.3) is 0 Å². The Hall–Kier alpha value is -2.68. The van der Waals surface area contributed by atoms with Crippen molar-refractivity contribution in [1.82, 2.24) is 5.01 Å². The number of allylic oxidation sites excluding steroid dienone is 2. The summed E-state index contributed by atoms with van der Waals surface area (Å²) in [7, 11) is 1.59. The molecule has 2 saturated carbocycles. The number of carbonyl (C=O) groups excluding carboxylic acids is 2. The molecule has 2 bridgehead atoms. The van der Waals surface area contributed by atoms with Crippen molar-refractivity contribution in [1.29, 1.82) is 0 Å². The lowest BCUT2D eigenvalue weighted by Gasteiger charge is -2.37. The molecule has 2 aromatic rings. The number of methoxy groups -OCH3 is 1. The van der Waals surface area contributed by atoms with Crippen LogP contribution in [0, 0.1) is 39.1 Å². The van der Waals surface area contributed by atoms with Crippen molar-refractivity contribution in [2.75, 3.05) is 7.11 Å². The Bertz CT molecular complexity index is 1160. The second kappa shape index (κ2) is 7.97. The molecule has 4 aliphatic carbocycles. The largest absolute Gasteiger partial charge is 0.493 e. The van der Waals surface area contributed by atoms with Crippen LogP contribution >= 0.6 is 22.6 Å². The zero-order valence-electron chi connectivity index (χ0n) is 18.1. The molecule has 2 amide bonds. The van der Waals surface area contributed by atoms with Gasteiger partial charge in [0.2, 0.25) is 0 Å². The second-order valence-electron chi connectivity index (χ2n) is 9.20. The Kier molecular flexibility index (Phi) is 5.05. The molecule has 0 aromatic heterocycles. The zero-order valence-corrected chi connectivity index (χ0v) is 20.2. The highest BCUT2D eigenvalue weighted by Crippen LogP contribution is 2.65. The van der Waals surface area contributed by atoms with Crippen molar-refractivity contribution in [2.24, 2.45) is 40.6 Å². The van der Waals surface area contributed by atoms with E-state index < -0.39 is 0 Å². The van der Waals surface area contributed by atoms with E-state index in [0.29, 0.717) is 29.9 Å². The fourth-order valence-electron chi connectivity index (χ4n) is 5.86. The summed E-state index contributed by atoms with van der Waals surface area (Å²) in [5.41, 5.74) is 1.80. The van der Waals surface area contributed by atoms with Crippen molar-refractivity contribution >= 4 is 40.6 Å². The molecule has 1 saturated heterocycles. The lowest BCUT2D eigenvalue weighted by Crippen LogP contribution is -2.40. The Morgan fingerprint density at radius 3 is 2.36 bits per heavy atom. The standard InChI is InChI=1S/C26H23IN2O4/c1-32-21-10-15(9-20(27)24(21)33-13-14-5-3-2-4-6-14)12-28-29-25(30)22-16-7-8-17(19-11-18(16)19)23(22)26(29)31/h2-10,12,16-19,22-23H,11,13H2,1H3/t16-,17-,18-,19+,22+,23+/m0/s1. The SMILES string of the molecule is COc1cc(C=NN2C(=O)[C@@H]3[C@H]4C=C[C@@H]([C@@H]5C[C@H]45)[C@H]3C2=O)cc(I)c1OCc1ccccc1. The summed E-state index contributed by atoms with van der Waals surface area (Å²) in [4.78, 5) is 26.2. The summed E-state index contributed by atoms with van der Waals surface area (Å²) in [5.74, 6) is 1.99. The van der Waals surface area contributed by atoms with Gasteiger partial charge in [-0.25, -0.2) is 0 Å². The number of hydrogen-bond acceptors (Lipinski definition) is 5. The Balaban J connectivity index is 1.21. The van der Waals surface area contributed by atoms with Gasteiger partial charge in [0.05, 0.1) is 28.7 Å². The van der Waals surface area contributed by atoms with Crippen LogP contribution < -0.4 is 9.47 Å². The van der Waals surface area contributed by atoms with Crippen LogP contribution in [0.5, 0.6) is 11.5 Å². The molecular formula is C26H23IN2O4. The van der Waals surface area contributed by atoms with Crippen molar-refractivity contribution < 1.29 is 19.1 Å². The number of benzene rings is 2. The lowest BCUT2D eigenvalue weighted by atomic mass is 9.63. The molecule has 7 rings (SSSR count). The van der Waals surface area contributed by atoms with Crippen LogP contribution in [-0.4, -0.2) is 30.1 Å². The van der Waals surface area contributed by atoms with E-state index in [0.717, 1.165) is 26.1 Å². The van der Waals surface area contributed by atoms with Gasteiger partial charge in [-0.2, -0.15) is 10.1 Å². The molecule has 0 spiro atoms. The first-order valence-electron chi connectivity index (χ1n) is 11.2. The number of ether oxygens (including phenoxy) is 2. The molecule has 0 radical (unpaired) electrons. The van der Waals surface area contributed by atoms with Crippen molar-refractivity contribution in [3.05, 3.63) is 69.3 Å². The molecule has 0 N–H and O–H groups in total. The van der Waals surface area contributed by atoms with Gasteiger partial charge in [-0.3, -0.25) is 9.59 Å². The fourth-order valence-corrected chi connectivity index (χ4v) is 6.64. The van der Waals surface area contributed by atoms with Crippen LogP contribution in [0.4, 0.5) is 0 Å². The summed E-state index contributed by atoms with van der Waals surface area (Å²) < 4.78 is 12.4. The molecule has 5 aliphatic rings. The number of nitrogens with zero attached hydrogens (tertiary/aromatic N) is 2. The van der Waals surface area contributed by atoms with Crippen LogP contribution in [0.2, 0.25) is 0 Å². The summed E-state index contributed by atoms with van der Waals surface area (Å²) in [6.07, 6.45) is 7.05. The van der Waals surface area contributed by atoms with E-state index in [1.54, 1.807) is 13.3 Å². The van der Waals surface area contributed by atoms with E-state index in [-0.39, 0.29) is 35.5 Å². The topological polar surface area (TPSA) is 68.2 Å². The maximum Gasteiger partial charge on any atom is 0.254 e. The summed E-state index contributed by atoms with van der Waals surface area (Å²) in [6, 6.07) is 13.7. The van der Waals surface area contributed by atoms with Gasteiger partial charge in [0.15, 0.2) is 11.5 Å². The molecule has 7 heteroatoms. The Morgan fingerprint density at radius 1 is 1.06 bits per heavy atom. The van der Waals surface area contributed by atoms with E-state index in [2.05, 4.69) is 39.8 Å². The molecule has 33 heavy (non-hydrogen) atoms. The van der Waals surface area contributed by atoms with Gasteiger partial charge in [0.1, 0.15) is 6.61 Å². The van der Waals surface area contributed by atoms with Crippen LogP contribution in [0.15, 0.2) is 59.7 Å². The molecule has 6 nitrogen and oxygen atoms in total. The third-order valence-corrected chi connectivity index (χ3v) is 8.24. The van der Waals surface area contributed by atoms with E-state index in [1.165, 1.54) is 0 Å². The maximum absolute atomic E-state index is 13.1. The number of halogens is 1. The van der Waals surface area contributed by atoms with Crippen molar-refractivity contribution in [3.63, 3.8) is 0 Å². The normalized spacial score (nSPS) is 31.2. The monoisotopic (exact) mass is 554 g/mol. The molecule has 1 aliphatic heterocycles. The van der Waals surface area contributed by atoms with Gasteiger partial charge in [-0.15, -0.1) is 0 Å². The second-order valence-corrected chi connectivity index (χ2v) is 10.4. The molecule has 0 unspecified atom stereocenters.